The Hall–Kier alpha value is -3.26. The Bertz CT molecular complexity index is 1540. The number of rotatable bonds is 25. The van der Waals surface area contributed by atoms with Gasteiger partial charge in [-0.1, -0.05) is 185 Å². The highest BCUT2D eigenvalue weighted by atomic mass is 16.5. The minimum Gasteiger partial charge on any atom is -0.496 e. The molecule has 0 heterocycles. The van der Waals surface area contributed by atoms with Gasteiger partial charge in [-0.25, -0.2) is 0 Å². The normalized spacial score (nSPS) is 13.9. The van der Waals surface area contributed by atoms with E-state index in [1.54, 1.807) is 18.2 Å². The van der Waals surface area contributed by atoms with E-state index in [1.807, 2.05) is 0 Å². The lowest BCUT2D eigenvalue weighted by atomic mass is 9.70. The van der Waals surface area contributed by atoms with Crippen LogP contribution in [0, 0.1) is 12.8 Å². The Morgan fingerprint density at radius 1 is 0.615 bits per heavy atom. The van der Waals surface area contributed by atoms with E-state index in [4.69, 9.17) is 9.47 Å². The van der Waals surface area contributed by atoms with E-state index in [0.717, 1.165) is 35.7 Å². The zero-order valence-electron chi connectivity index (χ0n) is 34.3. The second-order valence-corrected chi connectivity index (χ2v) is 15.6. The van der Waals surface area contributed by atoms with Crippen LogP contribution in [0.1, 0.15) is 184 Å². The average molecular weight is 705 g/mol. The number of fused-ring (bicyclic) bond motifs is 3. The fourth-order valence-electron chi connectivity index (χ4n) is 8.44. The number of hydrogen-bond acceptors (Lipinski definition) is 2. The van der Waals surface area contributed by atoms with Gasteiger partial charge >= 0.3 is 0 Å². The highest BCUT2D eigenvalue weighted by Crippen LogP contribution is 2.55. The summed E-state index contributed by atoms with van der Waals surface area (Å²) in [5, 5.41) is 0. The van der Waals surface area contributed by atoms with Crippen molar-refractivity contribution in [1.29, 1.82) is 0 Å². The molecule has 1 aliphatic carbocycles. The maximum Gasteiger partial charge on any atom is 0.126 e. The van der Waals surface area contributed by atoms with Crippen molar-refractivity contribution in [3.8, 4) is 22.6 Å². The molecule has 284 valence electrons. The molecule has 0 aliphatic heterocycles. The molecule has 0 bridgehead atoms. The fourth-order valence-corrected chi connectivity index (χ4v) is 8.44. The molecule has 0 saturated carbocycles. The van der Waals surface area contributed by atoms with Gasteiger partial charge in [0.1, 0.15) is 11.5 Å². The Morgan fingerprint density at radius 3 is 1.71 bits per heavy atom. The van der Waals surface area contributed by atoms with E-state index >= 15 is 0 Å². The predicted octanol–water partition coefficient (Wildman–Crippen LogP) is 15.6. The van der Waals surface area contributed by atoms with Crippen LogP contribution in [0.4, 0.5) is 0 Å². The summed E-state index contributed by atoms with van der Waals surface area (Å²) in [7, 11) is 1.78. The highest BCUT2D eigenvalue weighted by Gasteiger charge is 2.42. The molecule has 0 N–H and O–H groups in total. The van der Waals surface area contributed by atoms with Crippen LogP contribution in [0.15, 0.2) is 54.6 Å². The average Bonchev–Trinajstić information content (AvgIpc) is 3.42. The number of ether oxygens (including phenoxy) is 2. The van der Waals surface area contributed by atoms with E-state index in [2.05, 4.69) is 114 Å². The summed E-state index contributed by atoms with van der Waals surface area (Å²) >= 11 is 0. The molecule has 1 atom stereocenters. The number of hydrogen-bond donors (Lipinski definition) is 0. The Kier molecular flexibility index (Phi) is 17.6. The lowest BCUT2D eigenvalue weighted by molar-refractivity contribution is 0.232. The number of allylic oxidation sites excluding steroid dienone is 1. The molecule has 3 aromatic carbocycles. The minimum atomic E-state index is 0.0533. The third-order valence-corrected chi connectivity index (χ3v) is 11.7. The minimum absolute atomic E-state index is 0.0533. The Morgan fingerprint density at radius 2 is 1.17 bits per heavy atom. The molecule has 4 rings (SSSR count). The van der Waals surface area contributed by atoms with Crippen molar-refractivity contribution in [1.82, 2.24) is 0 Å². The summed E-state index contributed by atoms with van der Waals surface area (Å²) in [5.74, 6) is 2.45. The van der Waals surface area contributed by atoms with Crippen molar-refractivity contribution < 1.29 is 9.47 Å². The van der Waals surface area contributed by atoms with E-state index < -0.39 is 0 Å². The predicted molar refractivity (Wildman–Crippen MR) is 229 cm³/mol. The smallest absolute Gasteiger partial charge is 0.126 e. The van der Waals surface area contributed by atoms with Gasteiger partial charge in [0.2, 0.25) is 0 Å². The van der Waals surface area contributed by atoms with E-state index in [-0.39, 0.29) is 5.41 Å². The van der Waals surface area contributed by atoms with Crippen LogP contribution in [0.5, 0.6) is 11.5 Å². The summed E-state index contributed by atoms with van der Waals surface area (Å²) in [4.78, 5) is 0. The molecular formula is C50H72O2. The zero-order chi connectivity index (χ0) is 37.2. The summed E-state index contributed by atoms with van der Waals surface area (Å²) < 4.78 is 12.4. The second kappa shape index (κ2) is 22.1. The van der Waals surface area contributed by atoms with Crippen LogP contribution >= 0.6 is 0 Å². The first-order valence-electron chi connectivity index (χ1n) is 21.4. The molecule has 0 amide bonds. The standard InChI is InChI=1S/C50H72O2/c1-8-13-16-18-20-22-32-50(33-23-21-19-17-14-9-2)46-35-41(24-11-4)27-30-44(46)45-31-28-42(36-47(45)50)26-29-43-37-48(39(6)34-49(43)51-7)52-38-40(12-5)25-15-10-3/h11,24,26-31,34-37,40H,8-10,12-23,25,32-33,38H2,1-7H3/b24-11+,29-26+. The quantitative estimate of drug-likeness (QED) is 0.0646. The number of unbranched alkanes of at least 4 members (excludes halogenated alkanes) is 11. The molecule has 0 fully saturated rings. The van der Waals surface area contributed by atoms with Crippen LogP contribution < -0.4 is 9.47 Å². The lowest BCUT2D eigenvalue weighted by Crippen LogP contribution is -2.25. The monoisotopic (exact) mass is 705 g/mol. The first-order chi connectivity index (χ1) is 25.4. The van der Waals surface area contributed by atoms with Crippen LogP contribution in [0.3, 0.4) is 0 Å². The molecule has 2 nitrogen and oxygen atoms in total. The maximum atomic E-state index is 6.47. The van der Waals surface area contributed by atoms with E-state index in [1.165, 1.54) is 131 Å². The van der Waals surface area contributed by atoms with Gasteiger partial charge in [-0.2, -0.15) is 0 Å². The van der Waals surface area contributed by atoms with Gasteiger partial charge in [-0.15, -0.1) is 0 Å². The fraction of sp³-hybridized carbons (Fsp3) is 0.560. The van der Waals surface area contributed by atoms with Crippen LogP contribution in [0.25, 0.3) is 29.4 Å². The van der Waals surface area contributed by atoms with Crippen molar-refractivity contribution in [3.63, 3.8) is 0 Å². The summed E-state index contributed by atoms with van der Waals surface area (Å²) in [6.07, 6.45) is 32.3. The van der Waals surface area contributed by atoms with Gasteiger partial charge in [0.15, 0.2) is 0 Å². The highest BCUT2D eigenvalue weighted by molar-refractivity contribution is 5.84. The number of aryl methyl sites for hydroxylation is 1. The molecule has 1 aliphatic rings. The van der Waals surface area contributed by atoms with Crippen molar-refractivity contribution in [2.24, 2.45) is 5.92 Å². The molecule has 3 aromatic rings. The van der Waals surface area contributed by atoms with Crippen molar-refractivity contribution in [2.45, 2.75) is 163 Å². The van der Waals surface area contributed by atoms with Crippen molar-refractivity contribution in [2.75, 3.05) is 13.7 Å². The molecule has 0 aromatic heterocycles. The van der Waals surface area contributed by atoms with Gasteiger partial charge in [-0.3, -0.25) is 0 Å². The molecule has 52 heavy (non-hydrogen) atoms. The summed E-state index contributed by atoms with van der Waals surface area (Å²) in [5.41, 5.74) is 10.8. The van der Waals surface area contributed by atoms with Crippen LogP contribution in [-0.4, -0.2) is 13.7 Å². The second-order valence-electron chi connectivity index (χ2n) is 15.6. The largest absolute Gasteiger partial charge is 0.496 e. The Labute approximate surface area is 319 Å². The molecule has 2 heteroatoms. The Balaban J connectivity index is 1.69. The van der Waals surface area contributed by atoms with E-state index in [0.29, 0.717) is 5.92 Å². The first kappa shape index (κ1) is 41.5. The van der Waals surface area contributed by atoms with Crippen LogP contribution in [-0.2, 0) is 5.41 Å². The third kappa shape index (κ3) is 11.1. The molecule has 0 spiro atoms. The number of methoxy groups -OCH3 is 1. The summed E-state index contributed by atoms with van der Waals surface area (Å²) in [6.45, 7) is 14.2. The van der Waals surface area contributed by atoms with Gasteiger partial charge in [-0.05, 0) is 90.1 Å². The molecular weight excluding hydrogens is 633 g/mol. The van der Waals surface area contributed by atoms with Gasteiger partial charge in [0.05, 0.1) is 13.7 Å². The maximum absolute atomic E-state index is 6.47. The van der Waals surface area contributed by atoms with Gasteiger partial charge < -0.3 is 9.47 Å². The third-order valence-electron chi connectivity index (χ3n) is 11.7. The van der Waals surface area contributed by atoms with Gasteiger partial charge in [0.25, 0.3) is 0 Å². The number of benzene rings is 3. The van der Waals surface area contributed by atoms with E-state index in [9.17, 15) is 0 Å². The molecule has 0 saturated heterocycles. The van der Waals surface area contributed by atoms with Crippen molar-refractivity contribution in [3.05, 3.63) is 88.0 Å². The molecule has 0 radical (unpaired) electrons. The summed E-state index contributed by atoms with van der Waals surface area (Å²) in [6, 6.07) is 18.8. The lowest BCUT2D eigenvalue weighted by Gasteiger charge is -2.33. The SMILES string of the molecule is C/C=C/c1ccc2c(c1)C(CCCCCCCC)(CCCCCCCC)c1cc(/C=C/c3cc(OCC(CC)CCCC)c(C)cc3OC)ccc1-2. The zero-order valence-corrected chi connectivity index (χ0v) is 34.3. The van der Waals surface area contributed by atoms with Crippen LogP contribution in [0.2, 0.25) is 0 Å². The van der Waals surface area contributed by atoms with Gasteiger partial charge in [0, 0.05) is 11.0 Å². The molecule has 1 unspecified atom stereocenters. The first-order valence-corrected chi connectivity index (χ1v) is 21.4. The van der Waals surface area contributed by atoms with Crippen molar-refractivity contribution >= 4 is 18.2 Å². The topological polar surface area (TPSA) is 18.5 Å².